The smallest absolute Gasteiger partial charge is 0.325 e. The topological polar surface area (TPSA) is 111 Å². The van der Waals surface area contributed by atoms with E-state index in [1.165, 1.54) is 40.2 Å². The molecule has 1 heterocycles. The first-order valence-electron chi connectivity index (χ1n) is 13.4. The molecule has 8 nitrogen and oxygen atoms in total. The predicted octanol–water partition coefficient (Wildman–Crippen LogP) is 7.38. The molecular formula is C34H44N2O6. The van der Waals surface area contributed by atoms with Gasteiger partial charge in [0.15, 0.2) is 0 Å². The average Bonchev–Trinajstić information content (AvgIpc) is 3.01. The van der Waals surface area contributed by atoms with Crippen LogP contribution in [0.15, 0.2) is 65.3 Å². The van der Waals surface area contributed by atoms with E-state index in [2.05, 4.69) is 45.8 Å². The number of phenolic OH excluding ortho intramolecular Hbond substituents is 3. The van der Waals surface area contributed by atoms with E-state index in [0.29, 0.717) is 0 Å². The van der Waals surface area contributed by atoms with Crippen molar-refractivity contribution in [3.63, 3.8) is 0 Å². The summed E-state index contributed by atoms with van der Waals surface area (Å²) in [4.78, 5) is 28.9. The largest absolute Gasteiger partial charge is 0.508 e. The molecule has 1 amide bonds. The molecule has 0 radical (unpaired) electrons. The first-order valence-corrected chi connectivity index (χ1v) is 13.4. The van der Waals surface area contributed by atoms with Crippen molar-refractivity contribution in [2.24, 2.45) is 0 Å². The van der Waals surface area contributed by atoms with Crippen LogP contribution in [0.25, 0.3) is 0 Å². The maximum atomic E-state index is 13.8. The van der Waals surface area contributed by atoms with Gasteiger partial charge in [0.1, 0.15) is 29.5 Å². The normalized spacial score (nSPS) is 12.6. The van der Waals surface area contributed by atoms with Crippen molar-refractivity contribution in [1.82, 2.24) is 0 Å². The third-order valence-corrected chi connectivity index (χ3v) is 6.64. The summed E-state index contributed by atoms with van der Waals surface area (Å²) >= 11 is 0. The maximum absolute atomic E-state index is 13.8. The van der Waals surface area contributed by atoms with Crippen molar-refractivity contribution in [1.29, 1.82) is 0 Å². The van der Waals surface area contributed by atoms with Gasteiger partial charge < -0.3 is 29.9 Å². The lowest BCUT2D eigenvalue weighted by Crippen LogP contribution is -2.30. The molecule has 1 aliphatic rings. The van der Waals surface area contributed by atoms with E-state index >= 15 is 0 Å². The minimum Gasteiger partial charge on any atom is -0.508 e. The van der Waals surface area contributed by atoms with E-state index in [1.807, 2.05) is 13.0 Å². The molecule has 8 heteroatoms. The summed E-state index contributed by atoms with van der Waals surface area (Å²) in [5, 5.41) is 31.9. The van der Waals surface area contributed by atoms with Crippen LogP contribution in [0.3, 0.4) is 0 Å². The summed E-state index contributed by atoms with van der Waals surface area (Å²) < 4.78 is 4.84. The molecule has 1 aliphatic heterocycles. The minimum absolute atomic E-state index is 0. The molecule has 3 rings (SSSR count). The number of anilines is 3. The number of terminal acetylenes is 1. The first-order chi connectivity index (χ1) is 19.5. The van der Waals surface area contributed by atoms with E-state index in [1.54, 1.807) is 12.1 Å². The highest BCUT2D eigenvalue weighted by atomic mass is 16.5. The van der Waals surface area contributed by atoms with Gasteiger partial charge in [0, 0.05) is 18.7 Å². The number of hydrogen-bond donors (Lipinski definition) is 3. The number of ether oxygens (including phenoxy) is 1. The highest BCUT2D eigenvalue weighted by molar-refractivity contribution is 6.16. The second-order valence-corrected chi connectivity index (χ2v) is 10.0. The van der Waals surface area contributed by atoms with Crippen molar-refractivity contribution < 1.29 is 29.6 Å². The zero-order valence-corrected chi connectivity index (χ0v) is 24.5. The molecule has 0 saturated carbocycles. The number of allylic oxidation sites excluding steroid dienone is 5. The van der Waals surface area contributed by atoms with Crippen LogP contribution in [0.1, 0.15) is 71.2 Å². The fourth-order valence-corrected chi connectivity index (χ4v) is 4.55. The van der Waals surface area contributed by atoms with Crippen molar-refractivity contribution in [2.45, 2.75) is 60.8 Å². The van der Waals surface area contributed by atoms with Crippen LogP contribution in [-0.4, -0.2) is 47.4 Å². The van der Waals surface area contributed by atoms with Crippen molar-refractivity contribution in [3.8, 4) is 30.1 Å². The van der Waals surface area contributed by atoms with E-state index in [4.69, 9.17) is 4.74 Å². The molecule has 2 aromatic rings. The van der Waals surface area contributed by atoms with Gasteiger partial charge >= 0.3 is 5.97 Å². The number of rotatable bonds is 10. The van der Waals surface area contributed by atoms with Crippen LogP contribution in [0.4, 0.5) is 17.1 Å². The lowest BCUT2D eigenvalue weighted by molar-refractivity contribution is -0.138. The fourth-order valence-electron chi connectivity index (χ4n) is 4.55. The van der Waals surface area contributed by atoms with Crippen molar-refractivity contribution >= 4 is 28.9 Å². The molecule has 0 aliphatic carbocycles. The van der Waals surface area contributed by atoms with Crippen molar-refractivity contribution in [2.75, 3.05) is 30.0 Å². The molecule has 3 N–H and O–H groups in total. The number of aromatic hydroxyl groups is 3. The fraction of sp³-hybridized carbons (Fsp3) is 0.353. The van der Waals surface area contributed by atoms with Crippen LogP contribution in [-0.2, 0) is 9.53 Å². The van der Waals surface area contributed by atoms with Gasteiger partial charge in [-0.15, -0.1) is 12.8 Å². The quantitative estimate of drug-likeness (QED) is 0.154. The molecule has 226 valence electrons. The number of fused-ring (bicyclic) bond motifs is 2. The molecule has 0 aromatic heterocycles. The molecule has 0 spiro atoms. The Balaban J connectivity index is 0.00000288. The van der Waals surface area contributed by atoms with Gasteiger partial charge in [0.2, 0.25) is 0 Å². The van der Waals surface area contributed by atoms with Gasteiger partial charge in [-0.05, 0) is 65.5 Å². The summed E-state index contributed by atoms with van der Waals surface area (Å²) in [5.41, 5.74) is 4.27. The molecule has 0 saturated heterocycles. The third kappa shape index (κ3) is 8.93. The number of amides is 1. The van der Waals surface area contributed by atoms with Crippen LogP contribution < -0.4 is 9.80 Å². The molecule has 0 bridgehead atoms. The van der Waals surface area contributed by atoms with Gasteiger partial charge in [-0.25, -0.2) is 0 Å². The molecule has 0 fully saturated rings. The van der Waals surface area contributed by atoms with Gasteiger partial charge in [-0.1, -0.05) is 48.4 Å². The summed E-state index contributed by atoms with van der Waals surface area (Å²) in [7, 11) is 1.23. The Bertz CT molecular complexity index is 1370. The Morgan fingerprint density at radius 2 is 1.50 bits per heavy atom. The molecule has 0 atom stereocenters. The minimum atomic E-state index is -0.636. The number of methoxy groups -OCH3 is 1. The van der Waals surface area contributed by atoms with Gasteiger partial charge in [-0.2, -0.15) is 0 Å². The lowest BCUT2D eigenvalue weighted by Gasteiger charge is -2.27. The Morgan fingerprint density at radius 1 is 0.881 bits per heavy atom. The summed E-state index contributed by atoms with van der Waals surface area (Å²) in [6, 6.07) is 6.99. The Morgan fingerprint density at radius 3 is 2.12 bits per heavy atom. The first kappa shape index (κ1) is 35.4. The zero-order chi connectivity index (χ0) is 30.7. The van der Waals surface area contributed by atoms with E-state index in [0.717, 1.165) is 37.3 Å². The second kappa shape index (κ2) is 16.6. The number of carbonyl (C=O) groups is 2. The Labute approximate surface area is 250 Å². The van der Waals surface area contributed by atoms with E-state index < -0.39 is 11.9 Å². The molecular weight excluding hydrogens is 532 g/mol. The van der Waals surface area contributed by atoms with Crippen LogP contribution in [0.5, 0.6) is 17.2 Å². The number of benzene rings is 2. The summed E-state index contributed by atoms with van der Waals surface area (Å²) in [5.74, 6) is -1.91. The standard InChI is InChI=1S/C31H38N2O6.C2H2.CH4/c1-20(2)9-6-10-21(3)11-7-12-22(4)15-16-32-25-17-23(34)18-27(36)30(25)33(19-28(37)39-5)29-24(31(32)38)13-8-14-26(29)35;1-2;/h8-9,11,13-15,17-18,34-36H,6-7,10,12,16,19H2,1-5H3;1-2H;1H4/b21-11+,22-15+;;. The second-order valence-electron chi connectivity index (χ2n) is 10.0. The van der Waals surface area contributed by atoms with Gasteiger partial charge in [0.05, 0.1) is 24.0 Å². The van der Waals surface area contributed by atoms with Crippen LogP contribution in [0.2, 0.25) is 0 Å². The number of nitrogens with zero attached hydrogens (tertiary/aromatic N) is 2. The number of carbonyl (C=O) groups excluding carboxylic acids is 2. The molecule has 2 aromatic carbocycles. The SMILES string of the molecule is C.C#C.COC(=O)CN1c2c(O)cccc2C(=O)N(C/C=C(\C)CC/C=C(\C)CCC=C(C)C)c2cc(O)cc(O)c21. The summed E-state index contributed by atoms with van der Waals surface area (Å²) in [6.07, 6.45) is 18.1. The summed E-state index contributed by atoms with van der Waals surface area (Å²) in [6.45, 7) is 8.12. The monoisotopic (exact) mass is 576 g/mol. The predicted molar refractivity (Wildman–Crippen MR) is 171 cm³/mol. The number of para-hydroxylation sites is 1. The van der Waals surface area contributed by atoms with E-state index in [-0.39, 0.29) is 60.4 Å². The zero-order valence-electron chi connectivity index (χ0n) is 24.5. The maximum Gasteiger partial charge on any atom is 0.325 e. The Hall–Kier alpha value is -4.64. The Kier molecular flexibility index (Phi) is 14.0. The lowest BCUT2D eigenvalue weighted by atomic mass is 10.1. The average molecular weight is 577 g/mol. The molecule has 42 heavy (non-hydrogen) atoms. The molecule has 0 unspecified atom stereocenters. The van der Waals surface area contributed by atoms with Gasteiger partial charge in [0.25, 0.3) is 5.91 Å². The highest BCUT2D eigenvalue weighted by Gasteiger charge is 2.35. The van der Waals surface area contributed by atoms with Crippen LogP contribution in [0, 0.1) is 12.8 Å². The van der Waals surface area contributed by atoms with E-state index in [9.17, 15) is 24.9 Å². The third-order valence-electron chi connectivity index (χ3n) is 6.64. The number of hydrogen-bond acceptors (Lipinski definition) is 7. The van der Waals surface area contributed by atoms with Crippen molar-refractivity contribution in [3.05, 3.63) is 70.8 Å². The number of esters is 1. The van der Waals surface area contributed by atoms with Gasteiger partial charge in [-0.3, -0.25) is 9.59 Å². The highest BCUT2D eigenvalue weighted by Crippen LogP contribution is 2.50. The number of phenols is 3. The van der Waals surface area contributed by atoms with Crippen LogP contribution >= 0.6 is 0 Å².